The van der Waals surface area contributed by atoms with Gasteiger partial charge < -0.3 is 15.7 Å². The summed E-state index contributed by atoms with van der Waals surface area (Å²) in [4.78, 5) is 12.2. The lowest BCUT2D eigenvalue weighted by Gasteiger charge is -2.21. The molecule has 1 atom stereocenters. The Balaban J connectivity index is 2.20. The van der Waals surface area contributed by atoms with E-state index in [0.29, 0.717) is 12.2 Å². The molecule has 1 aromatic rings. The molecule has 0 aromatic heterocycles. The van der Waals surface area contributed by atoms with Gasteiger partial charge in [0, 0.05) is 18.8 Å². The number of nitrogens with zero attached hydrogens (tertiary/aromatic N) is 1. The number of halogens is 2. The van der Waals surface area contributed by atoms with Crippen LogP contribution in [0.25, 0.3) is 0 Å². The van der Waals surface area contributed by atoms with Gasteiger partial charge in [0.1, 0.15) is 5.54 Å². The van der Waals surface area contributed by atoms with Crippen LogP contribution in [-0.2, 0) is 14.6 Å². The van der Waals surface area contributed by atoms with Gasteiger partial charge in [-0.25, -0.2) is 8.42 Å². The standard InChI is InChI=1S/C12H14F2N2O4S/c13-11(14)21(19,20)9-3-1-8(2-4-9)16-6-5-12(15,7-16)10(17)18/h1-4,11H,5-7,15H2,(H,17,18). The average Bonchev–Trinajstić information content (AvgIpc) is 2.83. The summed E-state index contributed by atoms with van der Waals surface area (Å²) < 4.78 is 47.4. The first kappa shape index (κ1) is 15.6. The van der Waals surface area contributed by atoms with Crippen LogP contribution in [0, 0.1) is 0 Å². The molecule has 0 aliphatic carbocycles. The van der Waals surface area contributed by atoms with Crippen LogP contribution in [0.5, 0.6) is 0 Å². The predicted molar refractivity (Wildman–Crippen MR) is 71.0 cm³/mol. The third kappa shape index (κ3) is 2.84. The number of benzene rings is 1. The van der Waals surface area contributed by atoms with Gasteiger partial charge in [0.05, 0.1) is 4.90 Å². The number of alkyl halides is 2. The summed E-state index contributed by atoms with van der Waals surface area (Å²) in [5, 5.41) is 9.03. The summed E-state index contributed by atoms with van der Waals surface area (Å²) in [5.74, 6) is -4.58. The number of anilines is 1. The maximum absolute atomic E-state index is 12.4. The van der Waals surface area contributed by atoms with Gasteiger partial charge in [0.25, 0.3) is 0 Å². The molecule has 1 heterocycles. The van der Waals surface area contributed by atoms with Crippen molar-refractivity contribution >= 4 is 21.5 Å². The minimum absolute atomic E-state index is 0.0727. The van der Waals surface area contributed by atoms with Gasteiger partial charge >= 0.3 is 11.7 Å². The number of hydrogen-bond acceptors (Lipinski definition) is 5. The number of hydrogen-bond donors (Lipinski definition) is 2. The molecule has 116 valence electrons. The summed E-state index contributed by atoms with van der Waals surface area (Å²) in [6, 6.07) is 4.88. The van der Waals surface area contributed by atoms with Crippen LogP contribution in [0.2, 0.25) is 0 Å². The molecule has 0 spiro atoms. The molecule has 0 amide bonds. The van der Waals surface area contributed by atoms with Crippen molar-refractivity contribution in [3.05, 3.63) is 24.3 Å². The Kier molecular flexibility index (Phi) is 3.89. The molecule has 21 heavy (non-hydrogen) atoms. The normalized spacial score (nSPS) is 22.8. The van der Waals surface area contributed by atoms with Crippen molar-refractivity contribution in [3.63, 3.8) is 0 Å². The summed E-state index contributed by atoms with van der Waals surface area (Å²) >= 11 is 0. The Bertz CT molecular complexity index is 648. The molecule has 1 saturated heterocycles. The van der Waals surface area contributed by atoms with Gasteiger partial charge in [-0.2, -0.15) is 8.78 Å². The van der Waals surface area contributed by atoms with E-state index in [4.69, 9.17) is 10.8 Å². The van der Waals surface area contributed by atoms with E-state index in [2.05, 4.69) is 0 Å². The fourth-order valence-corrected chi connectivity index (χ4v) is 2.90. The highest BCUT2D eigenvalue weighted by Gasteiger charge is 2.41. The van der Waals surface area contributed by atoms with E-state index in [0.717, 1.165) is 12.1 Å². The Hall–Kier alpha value is -1.74. The first-order chi connectivity index (χ1) is 9.67. The number of rotatable bonds is 4. The average molecular weight is 320 g/mol. The molecule has 1 aliphatic rings. The van der Waals surface area contributed by atoms with Crippen LogP contribution in [0.15, 0.2) is 29.2 Å². The second-order valence-electron chi connectivity index (χ2n) is 4.93. The lowest BCUT2D eigenvalue weighted by molar-refractivity contribution is -0.142. The Labute approximate surface area is 120 Å². The maximum Gasteiger partial charge on any atom is 0.341 e. The highest BCUT2D eigenvalue weighted by atomic mass is 32.2. The summed E-state index contributed by atoms with van der Waals surface area (Å²) in [6.45, 7) is 0.465. The highest BCUT2D eigenvalue weighted by Crippen LogP contribution is 2.27. The summed E-state index contributed by atoms with van der Waals surface area (Å²) in [6.07, 6.45) is 0.249. The van der Waals surface area contributed by atoms with Crippen molar-refractivity contribution < 1.29 is 27.1 Å². The fourth-order valence-electron chi connectivity index (χ4n) is 2.18. The molecule has 6 nitrogen and oxygen atoms in total. The zero-order valence-electron chi connectivity index (χ0n) is 10.9. The summed E-state index contributed by atoms with van der Waals surface area (Å²) in [5.41, 5.74) is 4.92. The van der Waals surface area contributed by atoms with E-state index in [1.807, 2.05) is 0 Å². The van der Waals surface area contributed by atoms with Crippen molar-refractivity contribution in [1.82, 2.24) is 0 Å². The number of carboxylic acids is 1. The van der Waals surface area contributed by atoms with Crippen LogP contribution in [0.1, 0.15) is 6.42 Å². The van der Waals surface area contributed by atoms with E-state index in [1.54, 1.807) is 4.90 Å². The second-order valence-corrected chi connectivity index (χ2v) is 6.85. The van der Waals surface area contributed by atoms with Gasteiger partial charge in [-0.1, -0.05) is 0 Å². The third-order valence-corrected chi connectivity index (χ3v) is 4.89. The van der Waals surface area contributed by atoms with Gasteiger partial charge in [-0.15, -0.1) is 0 Å². The third-order valence-electron chi connectivity index (χ3n) is 3.49. The molecule has 0 radical (unpaired) electrons. The number of sulfone groups is 1. The smallest absolute Gasteiger partial charge is 0.341 e. The Morgan fingerprint density at radius 2 is 1.90 bits per heavy atom. The van der Waals surface area contributed by atoms with E-state index in [1.165, 1.54) is 12.1 Å². The lowest BCUT2D eigenvalue weighted by atomic mass is 10.0. The molecule has 1 unspecified atom stereocenters. The minimum Gasteiger partial charge on any atom is -0.480 e. The van der Waals surface area contributed by atoms with Crippen molar-refractivity contribution in [1.29, 1.82) is 0 Å². The minimum atomic E-state index is -4.62. The van der Waals surface area contributed by atoms with Crippen molar-refractivity contribution in [2.24, 2.45) is 5.73 Å². The highest BCUT2D eigenvalue weighted by molar-refractivity contribution is 7.91. The van der Waals surface area contributed by atoms with Crippen LogP contribution in [0.4, 0.5) is 14.5 Å². The molecule has 1 fully saturated rings. The Morgan fingerprint density at radius 3 is 2.33 bits per heavy atom. The predicted octanol–water partition coefficient (Wildman–Crippen LogP) is 0.675. The number of aliphatic carboxylic acids is 1. The van der Waals surface area contributed by atoms with E-state index >= 15 is 0 Å². The molecule has 2 rings (SSSR count). The number of carboxylic acid groups (broad SMARTS) is 1. The molecule has 0 saturated carbocycles. The SMILES string of the molecule is NC1(C(=O)O)CCN(c2ccc(S(=O)(=O)C(F)F)cc2)C1. The quantitative estimate of drug-likeness (QED) is 0.846. The number of nitrogens with two attached hydrogens (primary N) is 1. The van der Waals surface area contributed by atoms with E-state index in [9.17, 15) is 22.0 Å². The molecule has 3 N–H and O–H groups in total. The van der Waals surface area contributed by atoms with Gasteiger partial charge in [-0.3, -0.25) is 4.79 Å². The Morgan fingerprint density at radius 1 is 1.33 bits per heavy atom. The molecular weight excluding hydrogens is 306 g/mol. The monoisotopic (exact) mass is 320 g/mol. The van der Waals surface area contributed by atoms with Gasteiger partial charge in [-0.05, 0) is 30.7 Å². The van der Waals surface area contributed by atoms with E-state index < -0.39 is 32.0 Å². The largest absolute Gasteiger partial charge is 0.480 e. The zero-order chi connectivity index (χ0) is 15.8. The number of carbonyl (C=O) groups is 1. The summed E-state index contributed by atoms with van der Waals surface area (Å²) in [7, 11) is -4.62. The maximum atomic E-state index is 12.4. The molecule has 9 heteroatoms. The topological polar surface area (TPSA) is 101 Å². The van der Waals surface area contributed by atoms with Crippen LogP contribution in [-0.4, -0.2) is 43.9 Å². The van der Waals surface area contributed by atoms with Crippen molar-refractivity contribution in [2.75, 3.05) is 18.0 Å². The fraction of sp³-hybridized carbons (Fsp3) is 0.417. The first-order valence-electron chi connectivity index (χ1n) is 6.06. The van der Waals surface area contributed by atoms with Crippen molar-refractivity contribution in [2.45, 2.75) is 22.6 Å². The lowest BCUT2D eigenvalue weighted by Crippen LogP contribution is -2.50. The van der Waals surface area contributed by atoms with Gasteiger partial charge in [0.15, 0.2) is 0 Å². The molecule has 0 bridgehead atoms. The zero-order valence-corrected chi connectivity index (χ0v) is 11.7. The van der Waals surface area contributed by atoms with Crippen LogP contribution < -0.4 is 10.6 Å². The van der Waals surface area contributed by atoms with E-state index in [-0.39, 0.29) is 13.0 Å². The molecule has 1 aliphatic heterocycles. The molecular formula is C12H14F2N2O4S. The second kappa shape index (κ2) is 5.23. The van der Waals surface area contributed by atoms with Crippen LogP contribution >= 0.6 is 0 Å². The molecule has 1 aromatic carbocycles. The first-order valence-corrected chi connectivity index (χ1v) is 7.61. The van der Waals surface area contributed by atoms with Crippen LogP contribution in [0.3, 0.4) is 0 Å². The van der Waals surface area contributed by atoms with Crippen molar-refractivity contribution in [3.8, 4) is 0 Å². The van der Waals surface area contributed by atoms with Gasteiger partial charge in [0.2, 0.25) is 9.84 Å².